The summed E-state index contributed by atoms with van der Waals surface area (Å²) in [6.07, 6.45) is 1.45. The van der Waals surface area contributed by atoms with Gasteiger partial charge in [-0.15, -0.1) is 0 Å². The van der Waals surface area contributed by atoms with E-state index in [1.807, 2.05) is 13.0 Å². The van der Waals surface area contributed by atoms with Crippen LogP contribution in [-0.4, -0.2) is 65.8 Å². The zero-order valence-electron chi connectivity index (χ0n) is 15.2. The number of morpholine rings is 1. The van der Waals surface area contributed by atoms with Crippen molar-refractivity contribution < 1.29 is 19.4 Å². The third-order valence-corrected chi connectivity index (χ3v) is 4.44. The number of carbonyl (C=O) groups excluding carboxylic acids is 1. The standard InChI is InChI=1S/C20H23N3O4/c1-14(13-23-7-9-27-10-8-23)22-19(24)16-4-2-3-15(11-16)18-12-17(20(25)26)5-6-21-18/h2-6,11-12,14H,7-10,13H2,1H3,(H,22,24)(H,25,26)/t14-/m0/s1. The number of carbonyl (C=O) groups is 2. The fraction of sp³-hybridized carbons (Fsp3) is 0.350. The molecule has 2 heterocycles. The van der Waals surface area contributed by atoms with Crippen LogP contribution in [0.5, 0.6) is 0 Å². The molecule has 1 aliphatic rings. The summed E-state index contributed by atoms with van der Waals surface area (Å²) < 4.78 is 5.34. The second-order valence-corrected chi connectivity index (χ2v) is 6.60. The first kappa shape index (κ1) is 19.0. The molecule has 1 atom stereocenters. The van der Waals surface area contributed by atoms with Crippen LogP contribution in [0.1, 0.15) is 27.6 Å². The second-order valence-electron chi connectivity index (χ2n) is 6.60. The van der Waals surface area contributed by atoms with Gasteiger partial charge in [-0.3, -0.25) is 14.7 Å². The van der Waals surface area contributed by atoms with Gasteiger partial charge in [0.2, 0.25) is 0 Å². The highest BCUT2D eigenvalue weighted by atomic mass is 16.5. The second kappa shape index (κ2) is 8.75. The minimum absolute atomic E-state index is 0.00715. The molecule has 2 N–H and O–H groups in total. The Kier molecular flexibility index (Phi) is 6.16. The van der Waals surface area contributed by atoms with Crippen LogP contribution in [0.3, 0.4) is 0 Å². The van der Waals surface area contributed by atoms with Crippen LogP contribution >= 0.6 is 0 Å². The van der Waals surface area contributed by atoms with Gasteiger partial charge in [0.05, 0.1) is 24.5 Å². The van der Waals surface area contributed by atoms with E-state index in [4.69, 9.17) is 9.84 Å². The van der Waals surface area contributed by atoms with Crippen molar-refractivity contribution in [3.05, 3.63) is 53.7 Å². The number of carboxylic acids is 1. The van der Waals surface area contributed by atoms with Crippen LogP contribution in [-0.2, 0) is 4.74 Å². The predicted molar refractivity (Wildman–Crippen MR) is 101 cm³/mol. The van der Waals surface area contributed by atoms with Crippen molar-refractivity contribution in [2.24, 2.45) is 0 Å². The van der Waals surface area contributed by atoms with Gasteiger partial charge in [0.15, 0.2) is 0 Å². The first-order valence-corrected chi connectivity index (χ1v) is 8.93. The maximum absolute atomic E-state index is 12.6. The van der Waals surface area contributed by atoms with E-state index in [9.17, 15) is 9.59 Å². The summed E-state index contributed by atoms with van der Waals surface area (Å²) in [4.78, 5) is 30.2. The molecule has 0 spiro atoms. The number of aromatic carboxylic acids is 1. The third kappa shape index (κ3) is 5.12. The lowest BCUT2D eigenvalue weighted by molar-refractivity contribution is 0.0342. The summed E-state index contributed by atoms with van der Waals surface area (Å²) >= 11 is 0. The van der Waals surface area contributed by atoms with Crippen molar-refractivity contribution in [2.45, 2.75) is 13.0 Å². The van der Waals surface area contributed by atoms with Crippen LogP contribution in [0, 0.1) is 0 Å². The topological polar surface area (TPSA) is 91.8 Å². The van der Waals surface area contributed by atoms with Crippen molar-refractivity contribution in [3.8, 4) is 11.3 Å². The van der Waals surface area contributed by atoms with Gasteiger partial charge in [0.25, 0.3) is 5.91 Å². The Hall–Kier alpha value is -2.77. The summed E-state index contributed by atoms with van der Waals surface area (Å²) in [5, 5.41) is 12.1. The number of benzene rings is 1. The highest BCUT2D eigenvalue weighted by Crippen LogP contribution is 2.19. The molecule has 0 radical (unpaired) electrons. The highest BCUT2D eigenvalue weighted by molar-refractivity contribution is 5.95. The van der Waals surface area contributed by atoms with E-state index in [0.29, 0.717) is 16.8 Å². The third-order valence-electron chi connectivity index (χ3n) is 4.44. The maximum atomic E-state index is 12.6. The molecule has 1 aromatic heterocycles. The van der Waals surface area contributed by atoms with Gasteiger partial charge in [-0.2, -0.15) is 0 Å². The van der Waals surface area contributed by atoms with E-state index >= 15 is 0 Å². The van der Waals surface area contributed by atoms with E-state index in [1.54, 1.807) is 18.2 Å². The smallest absolute Gasteiger partial charge is 0.335 e. The number of nitrogens with one attached hydrogen (secondary N) is 1. The molecule has 7 heteroatoms. The number of hydrogen-bond donors (Lipinski definition) is 2. The van der Waals surface area contributed by atoms with Gasteiger partial charge >= 0.3 is 5.97 Å². The zero-order chi connectivity index (χ0) is 19.2. The molecule has 1 amide bonds. The van der Waals surface area contributed by atoms with Gasteiger partial charge in [0, 0.05) is 43.0 Å². The summed E-state index contributed by atoms with van der Waals surface area (Å²) in [5.74, 6) is -1.17. The van der Waals surface area contributed by atoms with E-state index in [2.05, 4.69) is 15.2 Å². The van der Waals surface area contributed by atoms with E-state index in [-0.39, 0.29) is 17.5 Å². The summed E-state index contributed by atoms with van der Waals surface area (Å²) in [6, 6.07) is 9.99. The van der Waals surface area contributed by atoms with Crippen LogP contribution in [0.15, 0.2) is 42.6 Å². The molecule has 27 heavy (non-hydrogen) atoms. The minimum Gasteiger partial charge on any atom is -0.478 e. The molecule has 3 rings (SSSR count). The number of amides is 1. The number of ether oxygens (including phenoxy) is 1. The van der Waals surface area contributed by atoms with Gasteiger partial charge < -0.3 is 15.2 Å². The largest absolute Gasteiger partial charge is 0.478 e. The molecule has 142 valence electrons. The average Bonchev–Trinajstić information content (AvgIpc) is 2.69. The summed E-state index contributed by atoms with van der Waals surface area (Å²) in [7, 11) is 0. The van der Waals surface area contributed by atoms with E-state index in [0.717, 1.165) is 32.8 Å². The van der Waals surface area contributed by atoms with Crippen LogP contribution in [0.4, 0.5) is 0 Å². The molecule has 7 nitrogen and oxygen atoms in total. The van der Waals surface area contributed by atoms with Crippen molar-refractivity contribution in [1.29, 1.82) is 0 Å². The Morgan fingerprint density at radius 3 is 2.74 bits per heavy atom. The lowest BCUT2D eigenvalue weighted by atomic mass is 10.1. The van der Waals surface area contributed by atoms with Gasteiger partial charge in [-0.1, -0.05) is 12.1 Å². The summed E-state index contributed by atoms with van der Waals surface area (Å²) in [5.41, 5.74) is 1.90. The Bertz CT molecular complexity index is 818. The SMILES string of the molecule is C[C@@H](CN1CCOCC1)NC(=O)c1cccc(-c2cc(C(=O)O)ccn2)c1. The first-order chi connectivity index (χ1) is 13.0. The highest BCUT2D eigenvalue weighted by Gasteiger charge is 2.16. The molecule has 1 aromatic carbocycles. The van der Waals surface area contributed by atoms with Crippen LogP contribution < -0.4 is 5.32 Å². The minimum atomic E-state index is -1.01. The number of carboxylic acid groups (broad SMARTS) is 1. The van der Waals surface area contributed by atoms with Crippen LogP contribution in [0.25, 0.3) is 11.3 Å². The van der Waals surface area contributed by atoms with Gasteiger partial charge in [-0.05, 0) is 31.2 Å². The van der Waals surface area contributed by atoms with Gasteiger partial charge in [-0.25, -0.2) is 4.79 Å². The summed E-state index contributed by atoms with van der Waals surface area (Å²) in [6.45, 7) is 5.96. The molecule has 1 saturated heterocycles. The first-order valence-electron chi connectivity index (χ1n) is 8.93. The molecule has 0 bridgehead atoms. The van der Waals surface area contributed by atoms with Crippen molar-refractivity contribution >= 4 is 11.9 Å². The fourth-order valence-electron chi connectivity index (χ4n) is 3.07. The lowest BCUT2D eigenvalue weighted by Crippen LogP contribution is -2.46. The van der Waals surface area contributed by atoms with E-state index in [1.165, 1.54) is 18.3 Å². The molecular formula is C20H23N3O4. The van der Waals surface area contributed by atoms with E-state index < -0.39 is 5.97 Å². The predicted octanol–water partition coefficient (Wildman–Crippen LogP) is 1.90. The maximum Gasteiger partial charge on any atom is 0.335 e. The molecule has 1 fully saturated rings. The number of nitrogens with zero attached hydrogens (tertiary/aromatic N) is 2. The van der Waals surface area contributed by atoms with Gasteiger partial charge in [0.1, 0.15) is 0 Å². The molecule has 2 aromatic rings. The normalized spacial score (nSPS) is 15.9. The molecule has 0 aliphatic carbocycles. The molecule has 0 unspecified atom stereocenters. The Balaban J connectivity index is 1.68. The number of pyridine rings is 1. The van der Waals surface area contributed by atoms with Crippen LogP contribution in [0.2, 0.25) is 0 Å². The quantitative estimate of drug-likeness (QED) is 0.808. The fourth-order valence-corrected chi connectivity index (χ4v) is 3.07. The Morgan fingerprint density at radius 2 is 2.00 bits per heavy atom. The monoisotopic (exact) mass is 369 g/mol. The number of aromatic nitrogens is 1. The zero-order valence-corrected chi connectivity index (χ0v) is 15.2. The van der Waals surface area contributed by atoms with Crippen molar-refractivity contribution in [3.63, 3.8) is 0 Å². The molecule has 0 saturated carbocycles. The Labute approximate surface area is 158 Å². The Morgan fingerprint density at radius 1 is 1.22 bits per heavy atom. The average molecular weight is 369 g/mol. The van der Waals surface area contributed by atoms with Crippen molar-refractivity contribution in [2.75, 3.05) is 32.8 Å². The number of hydrogen-bond acceptors (Lipinski definition) is 5. The van der Waals surface area contributed by atoms with Crippen molar-refractivity contribution in [1.82, 2.24) is 15.2 Å². The lowest BCUT2D eigenvalue weighted by Gasteiger charge is -2.29. The molecular weight excluding hydrogens is 346 g/mol. The number of rotatable bonds is 6. The molecule has 1 aliphatic heterocycles.